The van der Waals surface area contributed by atoms with Crippen LogP contribution >= 0.6 is 0 Å². The summed E-state index contributed by atoms with van der Waals surface area (Å²) < 4.78 is 5.59. The van der Waals surface area contributed by atoms with Crippen LogP contribution < -0.4 is 0 Å². The van der Waals surface area contributed by atoms with Crippen LogP contribution in [-0.4, -0.2) is 41.2 Å². The molecule has 0 spiro atoms. The first kappa shape index (κ1) is 16.1. The second-order valence-corrected chi connectivity index (χ2v) is 6.87. The van der Waals surface area contributed by atoms with Crippen molar-refractivity contribution in [3.8, 4) is 0 Å². The third kappa shape index (κ3) is 3.37. The Hall–Kier alpha value is -2.40. The van der Waals surface area contributed by atoms with E-state index in [-0.39, 0.29) is 11.9 Å². The monoisotopic (exact) mass is 337 g/mol. The van der Waals surface area contributed by atoms with Crippen molar-refractivity contribution >= 4 is 11.6 Å². The van der Waals surface area contributed by atoms with Gasteiger partial charge in [-0.1, -0.05) is 29.8 Å². The molecule has 0 saturated carbocycles. The van der Waals surface area contributed by atoms with Crippen LogP contribution in [0.2, 0.25) is 0 Å². The van der Waals surface area contributed by atoms with Gasteiger partial charge in [-0.2, -0.15) is 5.10 Å². The third-order valence-corrected chi connectivity index (χ3v) is 4.98. The van der Waals surface area contributed by atoms with Crippen molar-refractivity contribution in [3.63, 3.8) is 0 Å². The van der Waals surface area contributed by atoms with Gasteiger partial charge in [-0.15, -0.1) is 0 Å². The largest absolute Gasteiger partial charge is 0.467 e. The van der Waals surface area contributed by atoms with Crippen LogP contribution in [-0.2, 0) is 4.79 Å². The second kappa shape index (κ2) is 6.84. The molecule has 4 rings (SSSR count). The van der Waals surface area contributed by atoms with Crippen LogP contribution in [0.4, 0.5) is 0 Å². The Morgan fingerprint density at radius 3 is 2.64 bits per heavy atom. The lowest BCUT2D eigenvalue weighted by Gasteiger charge is -2.22. The van der Waals surface area contributed by atoms with Crippen molar-refractivity contribution in [2.45, 2.75) is 32.2 Å². The minimum Gasteiger partial charge on any atom is -0.467 e. The Bertz CT molecular complexity index is 759. The van der Waals surface area contributed by atoms with E-state index in [1.54, 1.807) is 11.3 Å². The summed E-state index contributed by atoms with van der Waals surface area (Å²) in [6, 6.07) is 11.9. The summed E-state index contributed by atoms with van der Waals surface area (Å²) in [4.78, 5) is 15.1. The molecule has 25 heavy (non-hydrogen) atoms. The molecule has 130 valence electrons. The molecule has 1 aromatic carbocycles. The quantitative estimate of drug-likeness (QED) is 0.859. The van der Waals surface area contributed by atoms with Gasteiger partial charge < -0.3 is 4.42 Å². The molecule has 5 nitrogen and oxygen atoms in total. The maximum Gasteiger partial charge on any atom is 0.257 e. The van der Waals surface area contributed by atoms with E-state index in [4.69, 9.17) is 4.42 Å². The maximum atomic E-state index is 12.9. The van der Waals surface area contributed by atoms with Crippen LogP contribution in [0.25, 0.3) is 0 Å². The van der Waals surface area contributed by atoms with E-state index in [9.17, 15) is 4.79 Å². The molecule has 2 aliphatic heterocycles. The average Bonchev–Trinajstić information content (AvgIpc) is 3.36. The van der Waals surface area contributed by atoms with E-state index in [2.05, 4.69) is 41.2 Å². The normalized spacial score (nSPS) is 20.9. The summed E-state index contributed by atoms with van der Waals surface area (Å²) in [5, 5.41) is 6.31. The third-order valence-electron chi connectivity index (χ3n) is 4.98. The summed E-state index contributed by atoms with van der Waals surface area (Å²) in [5.41, 5.74) is 3.22. The van der Waals surface area contributed by atoms with E-state index < -0.39 is 0 Å². The highest BCUT2D eigenvalue weighted by Gasteiger charge is 2.35. The van der Waals surface area contributed by atoms with Gasteiger partial charge in [0.05, 0.1) is 18.5 Å². The number of benzene rings is 1. The number of rotatable bonds is 4. The number of hydrogen-bond acceptors (Lipinski definition) is 4. The number of hydrogen-bond donors (Lipinski definition) is 0. The predicted molar refractivity (Wildman–Crippen MR) is 96.3 cm³/mol. The number of likely N-dealkylation sites (tertiary alicyclic amines) is 1. The smallest absolute Gasteiger partial charge is 0.257 e. The van der Waals surface area contributed by atoms with Gasteiger partial charge in [-0.25, -0.2) is 5.01 Å². The Labute approximate surface area is 147 Å². The number of hydrazone groups is 1. The number of amides is 1. The van der Waals surface area contributed by atoms with Crippen LogP contribution in [0, 0.1) is 6.92 Å². The van der Waals surface area contributed by atoms with Crippen molar-refractivity contribution in [1.29, 1.82) is 0 Å². The molecule has 1 amide bonds. The Morgan fingerprint density at radius 2 is 1.96 bits per heavy atom. The van der Waals surface area contributed by atoms with Gasteiger partial charge in [0.25, 0.3) is 5.91 Å². The summed E-state index contributed by atoms with van der Waals surface area (Å²) >= 11 is 0. The van der Waals surface area contributed by atoms with Gasteiger partial charge in [0.1, 0.15) is 11.8 Å². The minimum absolute atomic E-state index is 0.0467. The molecule has 1 saturated heterocycles. The van der Waals surface area contributed by atoms with E-state index in [0.717, 1.165) is 30.1 Å². The maximum absolute atomic E-state index is 12.9. The first-order valence-corrected chi connectivity index (χ1v) is 8.93. The lowest BCUT2D eigenvalue weighted by Crippen LogP contribution is -2.36. The Balaban J connectivity index is 1.59. The van der Waals surface area contributed by atoms with Gasteiger partial charge in [0, 0.05) is 6.42 Å². The molecular weight excluding hydrogens is 314 g/mol. The zero-order valence-corrected chi connectivity index (χ0v) is 14.5. The van der Waals surface area contributed by atoms with Crippen LogP contribution in [0.15, 0.2) is 52.2 Å². The molecule has 0 bridgehead atoms. The highest BCUT2D eigenvalue weighted by Crippen LogP contribution is 2.33. The predicted octanol–water partition coefficient (Wildman–Crippen LogP) is 3.36. The number of aryl methyl sites for hydroxylation is 1. The molecule has 5 heteroatoms. The Kier molecular flexibility index (Phi) is 4.40. The second-order valence-electron chi connectivity index (χ2n) is 6.87. The van der Waals surface area contributed by atoms with E-state index in [1.807, 2.05) is 12.1 Å². The van der Waals surface area contributed by atoms with Crippen molar-refractivity contribution < 1.29 is 9.21 Å². The molecule has 0 N–H and O–H groups in total. The first-order valence-electron chi connectivity index (χ1n) is 8.93. The number of carbonyl (C=O) groups is 1. The summed E-state index contributed by atoms with van der Waals surface area (Å²) in [6.07, 6.45) is 4.68. The lowest BCUT2D eigenvalue weighted by molar-refractivity contribution is -0.134. The Morgan fingerprint density at radius 1 is 1.20 bits per heavy atom. The highest BCUT2D eigenvalue weighted by atomic mass is 16.3. The molecule has 1 aromatic heterocycles. The standard InChI is InChI=1S/C20H23N3O2/c1-15-6-8-16(9-7-15)17-13-18(19-5-4-12-25-19)23(21-17)20(24)14-22-10-2-3-11-22/h4-9,12,18H,2-3,10-11,13-14H2,1H3. The van der Waals surface area contributed by atoms with Crippen molar-refractivity contribution in [3.05, 3.63) is 59.5 Å². The molecular formula is C20H23N3O2. The van der Waals surface area contributed by atoms with E-state index in [0.29, 0.717) is 13.0 Å². The van der Waals surface area contributed by atoms with Gasteiger partial charge in [0.2, 0.25) is 0 Å². The van der Waals surface area contributed by atoms with Gasteiger partial charge in [-0.05, 0) is 50.6 Å². The number of furan rings is 1. The molecule has 1 unspecified atom stereocenters. The summed E-state index contributed by atoms with van der Waals surface area (Å²) in [7, 11) is 0. The molecule has 2 aromatic rings. The molecule has 0 radical (unpaired) electrons. The van der Waals surface area contributed by atoms with E-state index in [1.165, 1.54) is 18.4 Å². The van der Waals surface area contributed by atoms with Crippen molar-refractivity contribution in [2.24, 2.45) is 5.10 Å². The van der Waals surface area contributed by atoms with Crippen molar-refractivity contribution in [1.82, 2.24) is 9.91 Å². The molecule has 2 aliphatic rings. The zero-order chi connectivity index (χ0) is 17.2. The average molecular weight is 337 g/mol. The van der Waals surface area contributed by atoms with Gasteiger partial charge in [0.15, 0.2) is 0 Å². The fourth-order valence-corrected chi connectivity index (χ4v) is 3.57. The zero-order valence-electron chi connectivity index (χ0n) is 14.5. The fourth-order valence-electron chi connectivity index (χ4n) is 3.57. The SMILES string of the molecule is Cc1ccc(C2=NN(C(=O)CN3CCCC3)C(c3ccco3)C2)cc1. The number of nitrogens with zero attached hydrogens (tertiary/aromatic N) is 3. The molecule has 1 fully saturated rings. The lowest BCUT2D eigenvalue weighted by atomic mass is 10.0. The molecule has 1 atom stereocenters. The number of carbonyl (C=O) groups excluding carboxylic acids is 1. The summed E-state index contributed by atoms with van der Waals surface area (Å²) in [6.45, 7) is 4.50. The highest BCUT2D eigenvalue weighted by molar-refractivity contribution is 6.03. The van der Waals surface area contributed by atoms with E-state index >= 15 is 0 Å². The van der Waals surface area contributed by atoms with Gasteiger partial charge >= 0.3 is 0 Å². The van der Waals surface area contributed by atoms with Crippen LogP contribution in [0.3, 0.4) is 0 Å². The van der Waals surface area contributed by atoms with Crippen LogP contribution in [0.1, 0.15) is 42.2 Å². The van der Waals surface area contributed by atoms with Crippen molar-refractivity contribution in [2.75, 3.05) is 19.6 Å². The van der Waals surface area contributed by atoms with Crippen LogP contribution in [0.5, 0.6) is 0 Å². The summed E-state index contributed by atoms with van der Waals surface area (Å²) in [5.74, 6) is 0.839. The fraction of sp³-hybridized carbons (Fsp3) is 0.400. The topological polar surface area (TPSA) is 49.1 Å². The molecule has 0 aliphatic carbocycles. The molecule has 3 heterocycles. The first-order chi connectivity index (χ1) is 12.2. The minimum atomic E-state index is -0.151. The van der Waals surface area contributed by atoms with Gasteiger partial charge in [-0.3, -0.25) is 9.69 Å².